The van der Waals surface area contributed by atoms with Gasteiger partial charge in [-0.05, 0) is 11.1 Å². The Bertz CT molecular complexity index is 780. The summed E-state index contributed by atoms with van der Waals surface area (Å²) < 4.78 is 9.77. The largest absolute Gasteiger partial charge is 0.469 e. The highest BCUT2D eigenvalue weighted by molar-refractivity contribution is 5.78. The van der Waals surface area contributed by atoms with Crippen molar-refractivity contribution >= 4 is 18.0 Å². The molecular weight excluding hydrogens is 372 g/mol. The molecule has 0 aromatic heterocycles. The SMILES string of the molecule is COC(=O)CCNC(=O)C[C@H](CNC(=O)OCc1ccccc1)c1ccccc1. The molecule has 2 rings (SSSR count). The van der Waals surface area contributed by atoms with Crippen molar-refractivity contribution < 1.29 is 23.9 Å². The number of rotatable bonds is 10. The molecule has 154 valence electrons. The Morgan fingerprint density at radius 2 is 1.59 bits per heavy atom. The van der Waals surface area contributed by atoms with Gasteiger partial charge >= 0.3 is 12.1 Å². The zero-order chi connectivity index (χ0) is 20.9. The first-order valence-corrected chi connectivity index (χ1v) is 9.41. The number of benzene rings is 2. The van der Waals surface area contributed by atoms with E-state index in [9.17, 15) is 14.4 Å². The molecule has 0 saturated heterocycles. The summed E-state index contributed by atoms with van der Waals surface area (Å²) in [5.41, 5.74) is 1.83. The van der Waals surface area contributed by atoms with E-state index in [4.69, 9.17) is 4.74 Å². The van der Waals surface area contributed by atoms with Gasteiger partial charge in [-0.1, -0.05) is 60.7 Å². The van der Waals surface area contributed by atoms with Crippen LogP contribution in [0.4, 0.5) is 4.79 Å². The lowest BCUT2D eigenvalue weighted by Gasteiger charge is -2.18. The zero-order valence-corrected chi connectivity index (χ0v) is 16.4. The van der Waals surface area contributed by atoms with Crippen molar-refractivity contribution in [2.45, 2.75) is 25.4 Å². The summed E-state index contributed by atoms with van der Waals surface area (Å²) in [7, 11) is 1.30. The molecule has 1 atom stereocenters. The van der Waals surface area contributed by atoms with E-state index >= 15 is 0 Å². The summed E-state index contributed by atoms with van der Waals surface area (Å²) in [6.45, 7) is 0.637. The van der Waals surface area contributed by atoms with Crippen molar-refractivity contribution in [1.29, 1.82) is 0 Å². The second-order valence-corrected chi connectivity index (χ2v) is 6.43. The monoisotopic (exact) mass is 398 g/mol. The Balaban J connectivity index is 1.85. The minimum atomic E-state index is -0.541. The van der Waals surface area contributed by atoms with Gasteiger partial charge in [0, 0.05) is 25.4 Å². The third-order valence-corrected chi connectivity index (χ3v) is 4.29. The molecule has 0 fully saturated rings. The van der Waals surface area contributed by atoms with E-state index in [1.54, 1.807) is 0 Å². The van der Waals surface area contributed by atoms with Crippen LogP contribution < -0.4 is 10.6 Å². The van der Waals surface area contributed by atoms with Crippen LogP contribution in [0.1, 0.15) is 29.9 Å². The van der Waals surface area contributed by atoms with E-state index in [2.05, 4.69) is 15.4 Å². The summed E-state index contributed by atoms with van der Waals surface area (Å²) >= 11 is 0. The van der Waals surface area contributed by atoms with E-state index in [0.29, 0.717) is 0 Å². The van der Waals surface area contributed by atoms with E-state index in [1.165, 1.54) is 7.11 Å². The van der Waals surface area contributed by atoms with Crippen molar-refractivity contribution in [3.05, 3.63) is 71.8 Å². The first kappa shape index (κ1) is 21.9. The molecule has 7 nitrogen and oxygen atoms in total. The highest BCUT2D eigenvalue weighted by Crippen LogP contribution is 2.18. The fourth-order valence-electron chi connectivity index (χ4n) is 2.72. The number of esters is 1. The van der Waals surface area contributed by atoms with Crippen LogP contribution in [0.3, 0.4) is 0 Å². The number of nitrogens with one attached hydrogen (secondary N) is 2. The summed E-state index contributed by atoms with van der Waals surface area (Å²) in [6.07, 6.45) is -0.257. The molecular formula is C22H26N2O5. The normalized spacial score (nSPS) is 11.2. The maximum atomic E-state index is 12.2. The van der Waals surface area contributed by atoms with Gasteiger partial charge in [0.1, 0.15) is 6.61 Å². The molecule has 2 N–H and O–H groups in total. The number of hydrogen-bond acceptors (Lipinski definition) is 5. The first-order valence-electron chi connectivity index (χ1n) is 9.41. The van der Waals surface area contributed by atoms with Crippen LogP contribution in [-0.2, 0) is 25.7 Å². The molecule has 0 unspecified atom stereocenters. The molecule has 0 aliphatic heterocycles. The van der Waals surface area contributed by atoms with Gasteiger partial charge in [-0.15, -0.1) is 0 Å². The molecule has 2 aromatic carbocycles. The Kier molecular flexibility index (Phi) is 9.21. The fourth-order valence-corrected chi connectivity index (χ4v) is 2.72. The van der Waals surface area contributed by atoms with Crippen molar-refractivity contribution in [3.63, 3.8) is 0 Å². The van der Waals surface area contributed by atoms with Gasteiger partial charge in [-0.3, -0.25) is 9.59 Å². The predicted octanol–water partition coefficient (Wildman–Crippen LogP) is 2.77. The third kappa shape index (κ3) is 8.47. The molecule has 29 heavy (non-hydrogen) atoms. The van der Waals surface area contributed by atoms with Crippen molar-refractivity contribution in [1.82, 2.24) is 10.6 Å². The minimum absolute atomic E-state index is 0.113. The zero-order valence-electron chi connectivity index (χ0n) is 16.4. The lowest BCUT2D eigenvalue weighted by molar-refractivity contribution is -0.140. The number of carbonyl (C=O) groups excluding carboxylic acids is 3. The lowest BCUT2D eigenvalue weighted by Crippen LogP contribution is -2.33. The molecule has 0 radical (unpaired) electrons. The Morgan fingerprint density at radius 1 is 0.931 bits per heavy atom. The first-order chi connectivity index (χ1) is 14.1. The third-order valence-electron chi connectivity index (χ3n) is 4.29. The standard InChI is InChI=1S/C22H26N2O5/c1-28-21(26)12-13-23-20(25)14-19(18-10-6-3-7-11-18)15-24-22(27)29-16-17-8-4-2-5-9-17/h2-11,19H,12-16H2,1H3,(H,23,25)(H,24,27)/t19-/m1/s1. The quantitative estimate of drug-likeness (QED) is 0.600. The second-order valence-electron chi connectivity index (χ2n) is 6.43. The molecule has 0 bridgehead atoms. The van der Waals surface area contributed by atoms with Crippen LogP contribution in [0.25, 0.3) is 0 Å². The van der Waals surface area contributed by atoms with E-state index in [1.807, 2.05) is 60.7 Å². The number of ether oxygens (including phenoxy) is 2. The van der Waals surface area contributed by atoms with Crippen LogP contribution in [0, 0.1) is 0 Å². The van der Waals surface area contributed by atoms with Crippen LogP contribution in [0.15, 0.2) is 60.7 Å². The highest BCUT2D eigenvalue weighted by Gasteiger charge is 2.17. The Labute approximate surface area is 170 Å². The van der Waals surface area contributed by atoms with Crippen LogP contribution >= 0.6 is 0 Å². The number of methoxy groups -OCH3 is 1. The predicted molar refractivity (Wildman–Crippen MR) is 108 cm³/mol. The molecule has 0 aliphatic rings. The number of amides is 2. The summed E-state index contributed by atoms with van der Waals surface area (Å²) in [6, 6.07) is 18.9. The van der Waals surface area contributed by atoms with Gasteiger partial charge in [-0.2, -0.15) is 0 Å². The van der Waals surface area contributed by atoms with Crippen molar-refractivity contribution in [2.24, 2.45) is 0 Å². The molecule has 0 heterocycles. The van der Waals surface area contributed by atoms with Gasteiger partial charge in [0.05, 0.1) is 13.5 Å². The topological polar surface area (TPSA) is 93.7 Å². The summed E-state index contributed by atoms with van der Waals surface area (Å²) in [4.78, 5) is 35.4. The van der Waals surface area contributed by atoms with Gasteiger partial charge in [0.2, 0.25) is 5.91 Å². The number of carbonyl (C=O) groups is 3. The minimum Gasteiger partial charge on any atom is -0.469 e. The molecule has 2 amide bonds. The highest BCUT2D eigenvalue weighted by atomic mass is 16.5. The fraction of sp³-hybridized carbons (Fsp3) is 0.318. The maximum Gasteiger partial charge on any atom is 0.407 e. The Morgan fingerprint density at radius 3 is 2.24 bits per heavy atom. The van der Waals surface area contributed by atoms with Crippen molar-refractivity contribution in [2.75, 3.05) is 20.2 Å². The number of hydrogen-bond donors (Lipinski definition) is 2. The van der Waals surface area contributed by atoms with Crippen LogP contribution in [0.2, 0.25) is 0 Å². The Hall–Kier alpha value is -3.35. The van der Waals surface area contributed by atoms with Gasteiger partial charge in [-0.25, -0.2) is 4.79 Å². The lowest BCUT2D eigenvalue weighted by atomic mass is 9.95. The summed E-state index contributed by atoms with van der Waals surface area (Å²) in [5.74, 6) is -0.812. The number of alkyl carbamates (subject to hydrolysis) is 1. The van der Waals surface area contributed by atoms with E-state index in [0.717, 1.165) is 11.1 Å². The molecule has 0 spiro atoms. The molecule has 0 saturated carbocycles. The van der Waals surface area contributed by atoms with Gasteiger partial charge < -0.3 is 20.1 Å². The average Bonchev–Trinajstić information content (AvgIpc) is 2.76. The van der Waals surface area contributed by atoms with Crippen LogP contribution in [-0.4, -0.2) is 38.2 Å². The molecule has 0 aliphatic carbocycles. The van der Waals surface area contributed by atoms with Gasteiger partial charge in [0.15, 0.2) is 0 Å². The molecule has 7 heteroatoms. The van der Waals surface area contributed by atoms with E-state index < -0.39 is 6.09 Å². The maximum absolute atomic E-state index is 12.2. The summed E-state index contributed by atoms with van der Waals surface area (Å²) in [5, 5.41) is 5.42. The average molecular weight is 398 g/mol. The van der Waals surface area contributed by atoms with Crippen molar-refractivity contribution in [3.8, 4) is 0 Å². The van der Waals surface area contributed by atoms with Gasteiger partial charge in [0.25, 0.3) is 0 Å². The van der Waals surface area contributed by atoms with E-state index in [-0.39, 0.29) is 50.3 Å². The molecule has 2 aromatic rings. The second kappa shape index (κ2) is 12.2. The smallest absolute Gasteiger partial charge is 0.407 e. The van der Waals surface area contributed by atoms with Crippen LogP contribution in [0.5, 0.6) is 0 Å².